The molecule has 0 bridgehead atoms. The smallest absolute Gasteiger partial charge is 0.163 e. The van der Waals surface area contributed by atoms with Crippen molar-refractivity contribution in [2.75, 3.05) is 37.2 Å². The third-order valence-corrected chi connectivity index (χ3v) is 2.90. The predicted octanol–water partition coefficient (Wildman–Crippen LogP) is 2.40. The molecule has 0 aromatic carbocycles. The lowest BCUT2D eigenvalue weighted by molar-refractivity contribution is 0.246. The van der Waals surface area contributed by atoms with Crippen LogP contribution in [0.5, 0.6) is 0 Å². The van der Waals surface area contributed by atoms with E-state index in [-0.39, 0.29) is 0 Å². The van der Waals surface area contributed by atoms with E-state index in [2.05, 4.69) is 0 Å². The van der Waals surface area contributed by atoms with Crippen LogP contribution in [0.2, 0.25) is 0 Å². The normalized spacial score (nSPS) is 10.2. The van der Waals surface area contributed by atoms with Gasteiger partial charge in [-0.3, -0.25) is 0 Å². The summed E-state index contributed by atoms with van der Waals surface area (Å²) >= 11 is 3.32. The molecule has 0 aliphatic rings. The van der Waals surface area contributed by atoms with Crippen LogP contribution in [-0.2, 0) is 13.6 Å². The quantitative estimate of drug-likeness (QED) is 0.472. The fourth-order valence-corrected chi connectivity index (χ4v) is 1.73. The zero-order valence-corrected chi connectivity index (χ0v) is 9.84. The Hall–Kier alpha value is 0.720. The Bertz CT molecular complexity index is 111. The maximum atomic E-state index is 10.9. The second kappa shape index (κ2) is 9.81. The molecular weight excluding hydrogens is 215 g/mol. The SMILES string of the molecule is CSCCO[P+](=O)OCCSC. The monoisotopic (exact) mass is 229 g/mol. The van der Waals surface area contributed by atoms with Crippen LogP contribution >= 0.6 is 31.8 Å². The highest BCUT2D eigenvalue weighted by Crippen LogP contribution is 2.23. The molecule has 12 heavy (non-hydrogen) atoms. The average molecular weight is 229 g/mol. The van der Waals surface area contributed by atoms with Crippen molar-refractivity contribution in [1.29, 1.82) is 0 Å². The minimum Gasteiger partial charge on any atom is -0.163 e. The molecule has 0 aliphatic heterocycles. The average Bonchev–Trinajstić information content (AvgIpc) is 2.06. The van der Waals surface area contributed by atoms with E-state index in [0.717, 1.165) is 11.5 Å². The standard InChI is InChI=1S/C6H14O3PS2/c1-11-5-3-8-10(7)9-4-6-12-2/h3-6H2,1-2H3/q+1. The van der Waals surface area contributed by atoms with Gasteiger partial charge in [-0.15, -0.1) is 9.05 Å². The summed E-state index contributed by atoms with van der Waals surface area (Å²) in [6.07, 6.45) is 3.95. The van der Waals surface area contributed by atoms with Crippen LogP contribution in [0.1, 0.15) is 0 Å². The van der Waals surface area contributed by atoms with Gasteiger partial charge in [0.2, 0.25) is 0 Å². The van der Waals surface area contributed by atoms with Gasteiger partial charge in [0.25, 0.3) is 0 Å². The summed E-state index contributed by atoms with van der Waals surface area (Å²) in [4.78, 5) is 0. The van der Waals surface area contributed by atoms with E-state index >= 15 is 0 Å². The fourth-order valence-electron chi connectivity index (χ4n) is 0.428. The molecule has 0 aromatic heterocycles. The fraction of sp³-hybridized carbons (Fsp3) is 1.00. The van der Waals surface area contributed by atoms with Crippen LogP contribution in [0.25, 0.3) is 0 Å². The first kappa shape index (κ1) is 12.7. The van der Waals surface area contributed by atoms with Gasteiger partial charge in [0.1, 0.15) is 13.2 Å². The topological polar surface area (TPSA) is 35.5 Å². The molecule has 6 heteroatoms. The highest BCUT2D eigenvalue weighted by Gasteiger charge is 2.18. The Labute approximate surface area is 82.9 Å². The Balaban J connectivity index is 3.10. The van der Waals surface area contributed by atoms with Gasteiger partial charge in [-0.05, 0) is 12.5 Å². The molecule has 0 aliphatic carbocycles. The Morgan fingerprint density at radius 2 is 1.50 bits per heavy atom. The van der Waals surface area contributed by atoms with Crippen LogP contribution in [0, 0.1) is 0 Å². The Kier molecular flexibility index (Phi) is 10.4. The van der Waals surface area contributed by atoms with Gasteiger partial charge in [0, 0.05) is 16.1 Å². The molecule has 0 N–H and O–H groups in total. The third kappa shape index (κ3) is 8.81. The molecule has 0 unspecified atom stereocenters. The molecule has 0 spiro atoms. The van der Waals surface area contributed by atoms with Crippen molar-refractivity contribution in [2.24, 2.45) is 0 Å². The van der Waals surface area contributed by atoms with E-state index in [0.29, 0.717) is 13.2 Å². The molecule has 72 valence electrons. The molecule has 0 fully saturated rings. The summed E-state index contributed by atoms with van der Waals surface area (Å²) in [6, 6.07) is 0. The van der Waals surface area contributed by atoms with Gasteiger partial charge >= 0.3 is 8.25 Å². The molecule has 0 heterocycles. The summed E-state index contributed by atoms with van der Waals surface area (Å²) in [5, 5.41) is 0. The van der Waals surface area contributed by atoms with Crippen LogP contribution in [-0.4, -0.2) is 37.2 Å². The molecule has 0 saturated heterocycles. The van der Waals surface area contributed by atoms with Crippen molar-refractivity contribution >= 4 is 31.8 Å². The highest BCUT2D eigenvalue weighted by molar-refractivity contribution is 7.98. The van der Waals surface area contributed by atoms with E-state index in [1.807, 2.05) is 12.5 Å². The molecule has 0 aromatic rings. The second-order valence-electron chi connectivity index (χ2n) is 1.88. The van der Waals surface area contributed by atoms with Crippen molar-refractivity contribution < 1.29 is 13.6 Å². The molecule has 0 saturated carbocycles. The van der Waals surface area contributed by atoms with E-state index in [1.165, 1.54) is 0 Å². The maximum absolute atomic E-state index is 10.9. The lowest BCUT2D eigenvalue weighted by atomic mass is 10.9. The molecule has 0 rings (SSSR count). The first-order valence-corrected chi connectivity index (χ1v) is 7.40. The summed E-state index contributed by atoms with van der Waals surface area (Å²) in [5.41, 5.74) is 0. The van der Waals surface area contributed by atoms with E-state index in [9.17, 15) is 4.57 Å². The number of rotatable bonds is 8. The molecular formula is C6H14O3PS2+. The van der Waals surface area contributed by atoms with Crippen LogP contribution in [0.4, 0.5) is 0 Å². The van der Waals surface area contributed by atoms with Crippen molar-refractivity contribution in [2.45, 2.75) is 0 Å². The van der Waals surface area contributed by atoms with Crippen LogP contribution < -0.4 is 0 Å². The Morgan fingerprint density at radius 1 is 1.08 bits per heavy atom. The highest BCUT2D eigenvalue weighted by atomic mass is 32.2. The van der Waals surface area contributed by atoms with Gasteiger partial charge in [0.15, 0.2) is 0 Å². The lowest BCUT2D eigenvalue weighted by Gasteiger charge is -1.89. The van der Waals surface area contributed by atoms with Crippen molar-refractivity contribution in [3.8, 4) is 0 Å². The summed E-state index contributed by atoms with van der Waals surface area (Å²) in [5.74, 6) is 1.71. The predicted molar refractivity (Wildman–Crippen MR) is 56.3 cm³/mol. The summed E-state index contributed by atoms with van der Waals surface area (Å²) < 4.78 is 20.6. The molecule has 0 radical (unpaired) electrons. The van der Waals surface area contributed by atoms with Crippen molar-refractivity contribution in [3.05, 3.63) is 0 Å². The molecule has 0 atom stereocenters. The molecule has 3 nitrogen and oxygen atoms in total. The second-order valence-corrected chi connectivity index (χ2v) is 4.81. The number of thioether (sulfide) groups is 2. The van der Waals surface area contributed by atoms with E-state index in [1.54, 1.807) is 23.5 Å². The van der Waals surface area contributed by atoms with Gasteiger partial charge in [0.05, 0.1) is 0 Å². The van der Waals surface area contributed by atoms with Crippen molar-refractivity contribution in [1.82, 2.24) is 0 Å². The zero-order chi connectivity index (χ0) is 9.23. The third-order valence-electron chi connectivity index (χ3n) is 0.968. The number of hydrogen-bond donors (Lipinski definition) is 0. The summed E-state index contributed by atoms with van der Waals surface area (Å²) in [7, 11) is -1.88. The minimum absolute atomic E-state index is 0.496. The maximum Gasteiger partial charge on any atom is 0.697 e. The van der Waals surface area contributed by atoms with Gasteiger partial charge < -0.3 is 0 Å². The van der Waals surface area contributed by atoms with E-state index < -0.39 is 8.25 Å². The van der Waals surface area contributed by atoms with Gasteiger partial charge in [-0.1, -0.05) is 0 Å². The minimum atomic E-state index is -1.88. The first-order chi connectivity index (χ1) is 5.81. The lowest BCUT2D eigenvalue weighted by Crippen LogP contribution is -1.94. The Morgan fingerprint density at radius 3 is 1.83 bits per heavy atom. The van der Waals surface area contributed by atoms with Crippen LogP contribution in [0.3, 0.4) is 0 Å². The first-order valence-electron chi connectivity index (χ1n) is 3.52. The van der Waals surface area contributed by atoms with E-state index in [4.69, 9.17) is 9.05 Å². The van der Waals surface area contributed by atoms with Gasteiger partial charge in [-0.25, -0.2) is 0 Å². The molecule has 0 amide bonds. The van der Waals surface area contributed by atoms with Gasteiger partial charge in [-0.2, -0.15) is 23.5 Å². The number of hydrogen-bond acceptors (Lipinski definition) is 5. The largest absolute Gasteiger partial charge is 0.697 e. The van der Waals surface area contributed by atoms with Crippen LogP contribution in [0.15, 0.2) is 0 Å². The summed E-state index contributed by atoms with van der Waals surface area (Å²) in [6.45, 7) is 0.991. The zero-order valence-electron chi connectivity index (χ0n) is 7.32. The van der Waals surface area contributed by atoms with Crippen molar-refractivity contribution in [3.63, 3.8) is 0 Å².